The number of nitrogens with one attached hydrogen (secondary N) is 1. The summed E-state index contributed by atoms with van der Waals surface area (Å²) < 4.78 is 0. The van der Waals surface area contributed by atoms with Gasteiger partial charge >= 0.3 is 0 Å². The molecule has 0 aromatic heterocycles. The van der Waals surface area contributed by atoms with Gasteiger partial charge in [0.2, 0.25) is 5.91 Å². The summed E-state index contributed by atoms with van der Waals surface area (Å²) in [6.45, 7) is 7.64. The maximum atomic E-state index is 12.0. The predicted molar refractivity (Wildman–Crippen MR) is 82.5 cm³/mol. The molecule has 1 saturated carbocycles. The van der Waals surface area contributed by atoms with E-state index in [4.69, 9.17) is 0 Å². The van der Waals surface area contributed by atoms with E-state index in [1.165, 1.54) is 24.0 Å². The molecule has 1 amide bonds. The van der Waals surface area contributed by atoms with Gasteiger partial charge in [0.25, 0.3) is 0 Å². The molecule has 0 radical (unpaired) electrons. The van der Waals surface area contributed by atoms with Crippen LogP contribution in [0.1, 0.15) is 44.2 Å². The Morgan fingerprint density at radius 2 is 2.00 bits per heavy atom. The molecule has 0 bridgehead atoms. The number of carbonyl (C=O) groups is 1. The minimum Gasteiger partial charge on any atom is -0.353 e. The van der Waals surface area contributed by atoms with E-state index in [1.807, 2.05) is 0 Å². The summed E-state index contributed by atoms with van der Waals surface area (Å²) in [5.74, 6) is 0.151. The van der Waals surface area contributed by atoms with E-state index >= 15 is 0 Å². The highest BCUT2D eigenvalue weighted by atomic mass is 16.2. The molecule has 0 spiro atoms. The van der Waals surface area contributed by atoms with E-state index in [9.17, 15) is 4.79 Å². The van der Waals surface area contributed by atoms with Crippen LogP contribution in [0.3, 0.4) is 0 Å². The summed E-state index contributed by atoms with van der Waals surface area (Å²) in [5, 5.41) is 3.06. The second-order valence-corrected chi connectivity index (χ2v) is 6.00. The predicted octanol–water partition coefficient (Wildman–Crippen LogP) is 2.87. The number of amides is 1. The largest absolute Gasteiger partial charge is 0.353 e. The molecule has 0 aliphatic heterocycles. The zero-order valence-corrected chi connectivity index (χ0v) is 12.9. The Balaban J connectivity index is 1.90. The summed E-state index contributed by atoms with van der Waals surface area (Å²) in [5.41, 5.74) is 2.57. The van der Waals surface area contributed by atoms with Crippen LogP contribution in [0.5, 0.6) is 0 Å². The number of aryl methyl sites for hydroxylation is 1. The quantitative estimate of drug-likeness (QED) is 0.829. The molecule has 1 aliphatic rings. The van der Waals surface area contributed by atoms with Crippen molar-refractivity contribution in [3.05, 3.63) is 35.4 Å². The van der Waals surface area contributed by atoms with E-state index in [1.54, 1.807) is 0 Å². The Hall–Kier alpha value is -1.35. The summed E-state index contributed by atoms with van der Waals surface area (Å²) >= 11 is 0. The number of nitrogens with zero attached hydrogens (tertiary/aromatic N) is 1. The first-order chi connectivity index (χ1) is 9.58. The Morgan fingerprint density at radius 3 is 2.55 bits per heavy atom. The number of benzene rings is 1. The van der Waals surface area contributed by atoms with Crippen LogP contribution >= 0.6 is 0 Å². The zero-order valence-electron chi connectivity index (χ0n) is 12.9. The molecule has 20 heavy (non-hydrogen) atoms. The average Bonchev–Trinajstić information content (AvgIpc) is 3.24. The molecular formula is C17H26N2O. The standard InChI is InChI=1S/C17H26N2O/c1-4-14(3)18-17(20)12-19(16-9-10-16)11-15-7-5-13(2)6-8-15/h5-8,14,16H,4,9-12H2,1-3H3,(H,18,20). The van der Waals surface area contributed by atoms with Crippen LogP contribution < -0.4 is 5.32 Å². The minimum atomic E-state index is 0.151. The molecule has 2 rings (SSSR count). The van der Waals surface area contributed by atoms with Crippen LogP contribution in [0.15, 0.2) is 24.3 Å². The van der Waals surface area contributed by atoms with Crippen molar-refractivity contribution >= 4 is 5.91 Å². The molecule has 1 unspecified atom stereocenters. The molecule has 1 N–H and O–H groups in total. The second-order valence-electron chi connectivity index (χ2n) is 6.00. The van der Waals surface area contributed by atoms with E-state index in [0.29, 0.717) is 12.6 Å². The summed E-state index contributed by atoms with van der Waals surface area (Å²) in [4.78, 5) is 14.4. The van der Waals surface area contributed by atoms with Crippen molar-refractivity contribution in [2.24, 2.45) is 0 Å². The van der Waals surface area contributed by atoms with Crippen molar-refractivity contribution in [2.75, 3.05) is 6.54 Å². The Labute approximate surface area is 122 Å². The van der Waals surface area contributed by atoms with Crippen molar-refractivity contribution < 1.29 is 4.79 Å². The highest BCUT2D eigenvalue weighted by Crippen LogP contribution is 2.28. The van der Waals surface area contributed by atoms with Crippen LogP contribution in [-0.4, -0.2) is 29.4 Å². The van der Waals surface area contributed by atoms with Gasteiger partial charge in [-0.05, 0) is 38.7 Å². The Bertz CT molecular complexity index is 437. The molecule has 0 heterocycles. The van der Waals surface area contributed by atoms with Crippen LogP contribution in [0, 0.1) is 6.92 Å². The molecule has 1 fully saturated rings. The van der Waals surface area contributed by atoms with Crippen molar-refractivity contribution in [1.82, 2.24) is 10.2 Å². The first-order valence-corrected chi connectivity index (χ1v) is 7.67. The topological polar surface area (TPSA) is 32.3 Å². The maximum Gasteiger partial charge on any atom is 0.234 e. The highest BCUT2D eigenvalue weighted by molar-refractivity contribution is 5.78. The average molecular weight is 274 g/mol. The van der Waals surface area contributed by atoms with Crippen molar-refractivity contribution in [1.29, 1.82) is 0 Å². The third kappa shape index (κ3) is 4.64. The fourth-order valence-electron chi connectivity index (χ4n) is 2.29. The van der Waals surface area contributed by atoms with Gasteiger partial charge in [0, 0.05) is 18.6 Å². The summed E-state index contributed by atoms with van der Waals surface area (Å²) in [6, 6.07) is 9.47. The lowest BCUT2D eigenvalue weighted by Crippen LogP contribution is -2.41. The monoisotopic (exact) mass is 274 g/mol. The molecule has 1 aromatic rings. The lowest BCUT2D eigenvalue weighted by Gasteiger charge is -2.22. The van der Waals surface area contributed by atoms with Crippen molar-refractivity contribution in [2.45, 2.75) is 58.7 Å². The smallest absolute Gasteiger partial charge is 0.234 e. The van der Waals surface area contributed by atoms with Crippen LogP contribution in [0.4, 0.5) is 0 Å². The van der Waals surface area contributed by atoms with Crippen molar-refractivity contribution in [3.8, 4) is 0 Å². The second kappa shape index (κ2) is 6.89. The van der Waals surface area contributed by atoms with Gasteiger partial charge in [-0.15, -0.1) is 0 Å². The molecule has 1 atom stereocenters. The lowest BCUT2D eigenvalue weighted by atomic mass is 10.1. The van der Waals surface area contributed by atoms with Gasteiger partial charge in [0.1, 0.15) is 0 Å². The van der Waals surface area contributed by atoms with E-state index in [-0.39, 0.29) is 11.9 Å². The Morgan fingerprint density at radius 1 is 1.35 bits per heavy atom. The van der Waals surface area contributed by atoms with Gasteiger partial charge in [-0.3, -0.25) is 9.69 Å². The number of hydrogen-bond donors (Lipinski definition) is 1. The number of hydrogen-bond acceptors (Lipinski definition) is 2. The zero-order chi connectivity index (χ0) is 14.5. The molecule has 3 nitrogen and oxygen atoms in total. The third-order valence-corrected chi connectivity index (χ3v) is 3.94. The van der Waals surface area contributed by atoms with E-state index < -0.39 is 0 Å². The maximum absolute atomic E-state index is 12.0. The van der Waals surface area contributed by atoms with Crippen molar-refractivity contribution in [3.63, 3.8) is 0 Å². The number of rotatable bonds is 7. The van der Waals surface area contributed by atoms with Crippen LogP contribution in [-0.2, 0) is 11.3 Å². The summed E-state index contributed by atoms with van der Waals surface area (Å²) in [7, 11) is 0. The molecule has 1 aliphatic carbocycles. The number of carbonyl (C=O) groups excluding carboxylic acids is 1. The first-order valence-electron chi connectivity index (χ1n) is 7.67. The summed E-state index contributed by atoms with van der Waals surface area (Å²) in [6.07, 6.45) is 3.43. The molecule has 110 valence electrons. The van der Waals surface area contributed by atoms with Crippen LogP contribution in [0.25, 0.3) is 0 Å². The first kappa shape index (κ1) is 15.0. The fraction of sp³-hybridized carbons (Fsp3) is 0.588. The molecule has 1 aromatic carbocycles. The van der Waals surface area contributed by atoms with Gasteiger partial charge in [-0.1, -0.05) is 36.8 Å². The molecule has 3 heteroatoms. The van der Waals surface area contributed by atoms with E-state index in [0.717, 1.165) is 13.0 Å². The highest BCUT2D eigenvalue weighted by Gasteiger charge is 2.30. The third-order valence-electron chi connectivity index (χ3n) is 3.94. The van der Waals surface area contributed by atoms with Gasteiger partial charge in [0.15, 0.2) is 0 Å². The fourth-order valence-corrected chi connectivity index (χ4v) is 2.29. The molecule has 0 saturated heterocycles. The van der Waals surface area contributed by atoms with Gasteiger partial charge < -0.3 is 5.32 Å². The Kier molecular flexibility index (Phi) is 5.18. The van der Waals surface area contributed by atoms with E-state index in [2.05, 4.69) is 55.3 Å². The minimum absolute atomic E-state index is 0.151. The van der Waals surface area contributed by atoms with Gasteiger partial charge in [-0.25, -0.2) is 0 Å². The molecular weight excluding hydrogens is 248 g/mol. The van der Waals surface area contributed by atoms with Crippen LogP contribution in [0.2, 0.25) is 0 Å². The SMILES string of the molecule is CCC(C)NC(=O)CN(Cc1ccc(C)cc1)C1CC1. The van der Waals surface area contributed by atoms with Gasteiger partial charge in [0.05, 0.1) is 6.54 Å². The normalized spacial score (nSPS) is 16.2. The lowest BCUT2D eigenvalue weighted by molar-refractivity contribution is -0.123. The van der Waals surface area contributed by atoms with Gasteiger partial charge in [-0.2, -0.15) is 0 Å².